The number of aliphatic hydroxyl groups is 1. The van der Waals surface area contributed by atoms with E-state index in [1.807, 2.05) is 22.6 Å². The van der Waals surface area contributed by atoms with Crippen LogP contribution in [-0.4, -0.2) is 11.7 Å². The van der Waals surface area contributed by atoms with Gasteiger partial charge in [0.15, 0.2) is 4.98 Å². The summed E-state index contributed by atoms with van der Waals surface area (Å²) in [7, 11) is 0. The number of hydrogen-bond acceptors (Lipinski definition) is 3. The molecular formula is C5H6IN2O2+. The number of rotatable bonds is 3. The minimum absolute atomic E-state index is 0.265. The number of hydrogen-bond donors (Lipinski definition) is 1. The standard InChI is InChI=1S/C5H5IN2O2/c6-2-1-3-10-5(9)4-8-7/h1-2,4H,3H2/p+1/b2-1-,5-4-. The van der Waals surface area contributed by atoms with Gasteiger partial charge in [-0.25, -0.2) is 0 Å². The van der Waals surface area contributed by atoms with Crippen molar-refractivity contribution in [2.75, 3.05) is 6.61 Å². The molecule has 0 heterocycles. The maximum absolute atomic E-state index is 8.62. The predicted octanol–water partition coefficient (Wildman–Crippen LogP) is 2.16. The molecule has 0 unspecified atom stereocenters. The topological polar surface area (TPSA) is 57.6 Å². The molecule has 0 saturated carbocycles. The first-order valence-electron chi connectivity index (χ1n) is 2.42. The number of diazo groups is 1. The molecule has 0 bridgehead atoms. The molecule has 5 heteroatoms. The van der Waals surface area contributed by atoms with Gasteiger partial charge in [-0.1, -0.05) is 22.6 Å². The summed E-state index contributed by atoms with van der Waals surface area (Å²) in [4.78, 5) is 2.55. The fourth-order valence-electron chi connectivity index (χ4n) is 0.257. The van der Waals surface area contributed by atoms with E-state index in [0.29, 0.717) is 0 Å². The molecule has 0 aliphatic heterocycles. The number of nitrogens with zero attached hydrogens (tertiary/aromatic N) is 2. The zero-order valence-electron chi connectivity index (χ0n) is 5.07. The zero-order valence-corrected chi connectivity index (χ0v) is 7.22. The van der Waals surface area contributed by atoms with Crippen LogP contribution in [0.15, 0.2) is 22.3 Å². The van der Waals surface area contributed by atoms with Gasteiger partial charge in [0, 0.05) is 0 Å². The van der Waals surface area contributed by atoms with Gasteiger partial charge in [-0.15, -0.1) is 0 Å². The quantitative estimate of drug-likeness (QED) is 0.476. The van der Waals surface area contributed by atoms with Crippen molar-refractivity contribution >= 4 is 22.6 Å². The molecule has 0 radical (unpaired) electrons. The maximum atomic E-state index is 8.62. The van der Waals surface area contributed by atoms with Crippen molar-refractivity contribution in [1.29, 1.82) is 5.39 Å². The molecule has 0 amide bonds. The Morgan fingerprint density at radius 3 is 3.00 bits per heavy atom. The molecule has 0 saturated heterocycles. The normalized spacial score (nSPS) is 11.4. The lowest BCUT2D eigenvalue weighted by molar-refractivity contribution is 0.112. The minimum atomic E-state index is -0.406. The monoisotopic (exact) mass is 253 g/mol. The highest BCUT2D eigenvalue weighted by atomic mass is 127. The summed E-state index contributed by atoms with van der Waals surface area (Å²) in [6.45, 7) is 0.265. The highest BCUT2D eigenvalue weighted by Gasteiger charge is 1.96. The van der Waals surface area contributed by atoms with Gasteiger partial charge >= 0.3 is 12.1 Å². The van der Waals surface area contributed by atoms with Gasteiger partial charge in [-0.2, -0.15) is 0 Å². The van der Waals surface area contributed by atoms with Crippen LogP contribution in [0, 0.1) is 5.39 Å². The molecule has 4 nitrogen and oxygen atoms in total. The molecule has 54 valence electrons. The average Bonchev–Trinajstić information content (AvgIpc) is 1.89. The van der Waals surface area contributed by atoms with E-state index in [-0.39, 0.29) is 6.61 Å². The highest BCUT2D eigenvalue weighted by Crippen LogP contribution is 1.92. The van der Waals surface area contributed by atoms with E-state index in [4.69, 9.17) is 10.5 Å². The van der Waals surface area contributed by atoms with Crippen LogP contribution in [-0.2, 0) is 4.74 Å². The van der Waals surface area contributed by atoms with Crippen molar-refractivity contribution < 1.29 is 9.84 Å². The Labute approximate surface area is 71.9 Å². The van der Waals surface area contributed by atoms with E-state index >= 15 is 0 Å². The third kappa shape index (κ3) is 5.37. The van der Waals surface area contributed by atoms with Crippen molar-refractivity contribution in [2.45, 2.75) is 0 Å². The van der Waals surface area contributed by atoms with Gasteiger partial charge in [0.05, 0.1) is 0 Å². The SMILES string of the molecule is N#[N+]/C=C(/O)OC/C=C\I. The van der Waals surface area contributed by atoms with Gasteiger partial charge in [-0.3, -0.25) is 0 Å². The van der Waals surface area contributed by atoms with Gasteiger partial charge in [-0.05, 0) is 10.2 Å². The lowest BCUT2D eigenvalue weighted by Gasteiger charge is -1.93. The Balaban J connectivity index is 3.51. The van der Waals surface area contributed by atoms with Crippen LogP contribution in [0.3, 0.4) is 0 Å². The molecule has 0 fully saturated rings. The first kappa shape index (κ1) is 9.23. The van der Waals surface area contributed by atoms with Crippen molar-refractivity contribution in [3.63, 3.8) is 0 Å². The van der Waals surface area contributed by atoms with Crippen molar-refractivity contribution in [1.82, 2.24) is 0 Å². The maximum Gasteiger partial charge on any atom is 0.429 e. The summed E-state index contributed by atoms with van der Waals surface area (Å²) in [6.07, 6.45) is 2.50. The van der Waals surface area contributed by atoms with E-state index in [2.05, 4.69) is 9.71 Å². The first-order chi connectivity index (χ1) is 4.81. The molecule has 0 aliphatic carbocycles. The Morgan fingerprint density at radius 1 is 1.80 bits per heavy atom. The van der Waals surface area contributed by atoms with Crippen LogP contribution in [0.2, 0.25) is 0 Å². The molecule has 0 spiro atoms. The Bertz CT molecular complexity index is 183. The lowest BCUT2D eigenvalue weighted by atomic mass is 10.7. The fourth-order valence-corrected chi connectivity index (χ4v) is 0.464. The van der Waals surface area contributed by atoms with Crippen molar-refractivity contribution in [3.8, 4) is 0 Å². The predicted molar refractivity (Wildman–Crippen MR) is 44.9 cm³/mol. The minimum Gasteiger partial charge on any atom is -0.476 e. The second-order valence-electron chi connectivity index (χ2n) is 1.26. The van der Waals surface area contributed by atoms with Gasteiger partial charge in [0.25, 0.3) is 0 Å². The van der Waals surface area contributed by atoms with E-state index in [9.17, 15) is 0 Å². The summed E-state index contributed by atoms with van der Waals surface area (Å²) >= 11 is 2.02. The Hall–Kier alpha value is -0.770. The van der Waals surface area contributed by atoms with Crippen LogP contribution in [0.4, 0.5) is 0 Å². The molecule has 0 aromatic heterocycles. The molecule has 0 atom stereocenters. The summed E-state index contributed by atoms with van der Waals surface area (Å²) in [5, 5.41) is 16.5. The smallest absolute Gasteiger partial charge is 0.429 e. The molecule has 0 aromatic carbocycles. The molecule has 0 aliphatic rings. The number of halogens is 1. The Kier molecular flexibility index (Phi) is 5.86. The molecule has 1 N–H and O–H groups in total. The van der Waals surface area contributed by atoms with Crippen molar-refractivity contribution in [2.24, 2.45) is 0 Å². The lowest BCUT2D eigenvalue weighted by Crippen LogP contribution is -1.89. The van der Waals surface area contributed by atoms with Gasteiger partial charge < -0.3 is 9.84 Å². The average molecular weight is 253 g/mol. The zero-order chi connectivity index (χ0) is 7.82. The molecule has 10 heavy (non-hydrogen) atoms. The van der Waals surface area contributed by atoms with Crippen LogP contribution < -0.4 is 0 Å². The second kappa shape index (κ2) is 6.35. The number of aliphatic hydroxyl groups excluding tert-OH is 1. The summed E-state index contributed by atoms with van der Waals surface area (Å²) < 4.78 is 6.35. The van der Waals surface area contributed by atoms with Crippen LogP contribution in [0.25, 0.3) is 4.98 Å². The first-order valence-corrected chi connectivity index (χ1v) is 3.67. The van der Waals surface area contributed by atoms with E-state index < -0.39 is 5.95 Å². The van der Waals surface area contributed by atoms with E-state index in [0.717, 1.165) is 6.20 Å². The van der Waals surface area contributed by atoms with E-state index in [1.54, 1.807) is 10.2 Å². The van der Waals surface area contributed by atoms with Crippen LogP contribution in [0.5, 0.6) is 0 Å². The fraction of sp³-hybridized carbons (Fsp3) is 0.200. The summed E-state index contributed by atoms with van der Waals surface area (Å²) in [6, 6.07) is 0. The van der Waals surface area contributed by atoms with E-state index in [1.165, 1.54) is 0 Å². The van der Waals surface area contributed by atoms with Crippen LogP contribution in [0.1, 0.15) is 0 Å². The third-order valence-electron chi connectivity index (χ3n) is 0.585. The van der Waals surface area contributed by atoms with Gasteiger partial charge in [0.2, 0.25) is 5.39 Å². The second-order valence-corrected chi connectivity index (χ2v) is 1.97. The molecular weight excluding hydrogens is 247 g/mol. The summed E-state index contributed by atoms with van der Waals surface area (Å²) in [5.41, 5.74) is 0. The largest absolute Gasteiger partial charge is 0.476 e. The van der Waals surface area contributed by atoms with Crippen molar-refractivity contribution in [3.05, 3.63) is 27.3 Å². The Morgan fingerprint density at radius 2 is 2.50 bits per heavy atom. The molecule has 0 rings (SSSR count). The third-order valence-corrected chi connectivity index (χ3v) is 1.09. The number of ether oxygens (including phenoxy) is 1. The van der Waals surface area contributed by atoms with Crippen LogP contribution >= 0.6 is 22.6 Å². The van der Waals surface area contributed by atoms with Gasteiger partial charge in [0.1, 0.15) is 6.61 Å². The summed E-state index contributed by atoms with van der Waals surface area (Å²) in [5.74, 6) is -0.406. The molecule has 0 aromatic rings. The highest BCUT2D eigenvalue weighted by molar-refractivity contribution is 14.1.